The fraction of sp³-hybridized carbons (Fsp3) is 0.286. The Balaban J connectivity index is 2.34. The van der Waals surface area contributed by atoms with Crippen molar-refractivity contribution in [3.63, 3.8) is 0 Å². The van der Waals surface area contributed by atoms with Gasteiger partial charge in [-0.1, -0.05) is 12.1 Å². The summed E-state index contributed by atoms with van der Waals surface area (Å²) in [5.74, 6) is 0.885. The van der Waals surface area contributed by atoms with Gasteiger partial charge in [0.25, 0.3) is 0 Å². The molecule has 4 nitrogen and oxygen atoms in total. The van der Waals surface area contributed by atoms with Gasteiger partial charge in [0.15, 0.2) is 5.82 Å². The van der Waals surface area contributed by atoms with E-state index in [1.807, 2.05) is 50.1 Å². The summed E-state index contributed by atoms with van der Waals surface area (Å²) in [7, 11) is 1.99. The zero-order valence-electron chi connectivity index (χ0n) is 11.0. The Kier molecular flexibility index (Phi) is 3.58. The quantitative estimate of drug-likeness (QED) is 0.897. The summed E-state index contributed by atoms with van der Waals surface area (Å²) in [6, 6.07) is 8.16. The van der Waals surface area contributed by atoms with Crippen LogP contribution in [0.25, 0.3) is 0 Å². The van der Waals surface area contributed by atoms with E-state index < -0.39 is 0 Å². The van der Waals surface area contributed by atoms with E-state index in [-0.39, 0.29) is 0 Å². The molecule has 0 aliphatic carbocycles. The van der Waals surface area contributed by atoms with Gasteiger partial charge < -0.3 is 10.6 Å². The van der Waals surface area contributed by atoms with E-state index in [1.54, 1.807) is 6.20 Å². The monoisotopic (exact) mass is 242 g/mol. The maximum Gasteiger partial charge on any atom is 0.154 e. The number of nitrogens with zero attached hydrogens (tertiary/aromatic N) is 3. The van der Waals surface area contributed by atoms with Gasteiger partial charge >= 0.3 is 0 Å². The van der Waals surface area contributed by atoms with Gasteiger partial charge in [-0.25, -0.2) is 4.98 Å². The lowest BCUT2D eigenvalue weighted by Gasteiger charge is -2.20. The van der Waals surface area contributed by atoms with Crippen molar-refractivity contribution in [2.45, 2.75) is 20.4 Å². The minimum atomic E-state index is 0.563. The van der Waals surface area contributed by atoms with Crippen LogP contribution < -0.4 is 10.6 Å². The number of hydrogen-bond donors (Lipinski definition) is 1. The molecule has 2 N–H and O–H groups in total. The Hall–Kier alpha value is -1.94. The first-order chi connectivity index (χ1) is 8.61. The number of benzene rings is 1. The summed E-state index contributed by atoms with van der Waals surface area (Å²) in [6.07, 6.45) is 1.78. The van der Waals surface area contributed by atoms with Crippen molar-refractivity contribution in [3.05, 3.63) is 47.4 Å². The van der Waals surface area contributed by atoms with Gasteiger partial charge in [0, 0.05) is 25.5 Å². The highest BCUT2D eigenvalue weighted by molar-refractivity contribution is 5.61. The van der Waals surface area contributed by atoms with Crippen molar-refractivity contribution < 1.29 is 0 Å². The van der Waals surface area contributed by atoms with Gasteiger partial charge in [-0.05, 0) is 31.5 Å². The summed E-state index contributed by atoms with van der Waals surface area (Å²) >= 11 is 0. The Bertz CT molecular complexity index is 534. The Morgan fingerprint density at radius 3 is 2.44 bits per heavy atom. The van der Waals surface area contributed by atoms with E-state index in [0.29, 0.717) is 6.54 Å². The SMILES string of the molecule is Cc1cnc(C)c(N(C)c2ccc(CN)cc2)n1. The number of nitrogens with two attached hydrogens (primary N) is 1. The van der Waals surface area contributed by atoms with Crippen LogP contribution in [0.5, 0.6) is 0 Å². The Morgan fingerprint density at radius 2 is 1.83 bits per heavy atom. The first-order valence-corrected chi connectivity index (χ1v) is 5.95. The van der Waals surface area contributed by atoms with E-state index in [9.17, 15) is 0 Å². The molecule has 94 valence electrons. The lowest BCUT2D eigenvalue weighted by Crippen LogP contribution is -2.14. The molecule has 0 atom stereocenters. The van der Waals surface area contributed by atoms with E-state index in [1.165, 1.54) is 0 Å². The third kappa shape index (κ3) is 2.49. The predicted molar refractivity (Wildman–Crippen MR) is 73.9 cm³/mol. The third-order valence-corrected chi connectivity index (χ3v) is 2.93. The van der Waals surface area contributed by atoms with Crippen molar-refractivity contribution in [2.24, 2.45) is 5.73 Å². The maximum absolute atomic E-state index is 5.60. The first kappa shape index (κ1) is 12.5. The molecule has 2 rings (SSSR count). The number of aromatic nitrogens is 2. The number of aryl methyl sites for hydroxylation is 2. The van der Waals surface area contributed by atoms with Gasteiger partial charge in [-0.15, -0.1) is 0 Å². The molecule has 1 aromatic heterocycles. The molecular weight excluding hydrogens is 224 g/mol. The minimum Gasteiger partial charge on any atom is -0.328 e. The fourth-order valence-electron chi connectivity index (χ4n) is 1.82. The summed E-state index contributed by atoms with van der Waals surface area (Å²) < 4.78 is 0. The average Bonchev–Trinajstić information content (AvgIpc) is 2.41. The predicted octanol–water partition coefficient (Wildman–Crippen LogP) is 2.32. The topological polar surface area (TPSA) is 55.0 Å². The van der Waals surface area contributed by atoms with Crippen LogP contribution in [0, 0.1) is 13.8 Å². The van der Waals surface area contributed by atoms with Crippen LogP contribution in [-0.2, 0) is 6.54 Å². The van der Waals surface area contributed by atoms with Crippen molar-refractivity contribution in [1.29, 1.82) is 0 Å². The van der Waals surface area contributed by atoms with E-state index >= 15 is 0 Å². The van der Waals surface area contributed by atoms with Crippen molar-refractivity contribution in [3.8, 4) is 0 Å². The number of rotatable bonds is 3. The standard InChI is InChI=1S/C14H18N4/c1-10-9-16-11(2)14(17-10)18(3)13-6-4-12(8-15)5-7-13/h4-7,9H,8,15H2,1-3H3. The second-order valence-corrected chi connectivity index (χ2v) is 4.35. The number of anilines is 2. The molecule has 0 amide bonds. The van der Waals surface area contributed by atoms with Crippen LogP contribution in [-0.4, -0.2) is 17.0 Å². The number of hydrogen-bond acceptors (Lipinski definition) is 4. The molecule has 0 fully saturated rings. The summed E-state index contributed by atoms with van der Waals surface area (Å²) in [5.41, 5.74) is 9.64. The lowest BCUT2D eigenvalue weighted by atomic mass is 10.2. The van der Waals surface area contributed by atoms with E-state index in [0.717, 1.165) is 28.5 Å². The highest BCUT2D eigenvalue weighted by Gasteiger charge is 2.09. The van der Waals surface area contributed by atoms with Gasteiger partial charge in [0.1, 0.15) is 0 Å². The fourth-order valence-corrected chi connectivity index (χ4v) is 1.82. The second-order valence-electron chi connectivity index (χ2n) is 4.35. The molecule has 0 saturated heterocycles. The molecule has 1 aromatic carbocycles. The zero-order valence-corrected chi connectivity index (χ0v) is 11.0. The van der Waals surface area contributed by atoms with Crippen molar-refractivity contribution >= 4 is 11.5 Å². The molecule has 0 bridgehead atoms. The summed E-state index contributed by atoms with van der Waals surface area (Å²) in [4.78, 5) is 10.9. The van der Waals surface area contributed by atoms with Gasteiger partial charge in [-0.3, -0.25) is 4.98 Å². The summed E-state index contributed by atoms with van der Waals surface area (Å²) in [6.45, 7) is 4.47. The third-order valence-electron chi connectivity index (χ3n) is 2.93. The highest BCUT2D eigenvalue weighted by atomic mass is 15.2. The maximum atomic E-state index is 5.60. The molecule has 0 saturated carbocycles. The minimum absolute atomic E-state index is 0.563. The average molecular weight is 242 g/mol. The van der Waals surface area contributed by atoms with Crippen molar-refractivity contribution in [1.82, 2.24) is 9.97 Å². The van der Waals surface area contributed by atoms with Crippen molar-refractivity contribution in [2.75, 3.05) is 11.9 Å². The highest BCUT2D eigenvalue weighted by Crippen LogP contribution is 2.24. The van der Waals surface area contributed by atoms with Crippen LogP contribution >= 0.6 is 0 Å². The molecule has 0 aliphatic heterocycles. The van der Waals surface area contributed by atoms with E-state index in [2.05, 4.69) is 9.97 Å². The zero-order chi connectivity index (χ0) is 13.1. The van der Waals surface area contributed by atoms with Crippen LogP contribution in [0.3, 0.4) is 0 Å². The van der Waals surface area contributed by atoms with Gasteiger partial charge in [0.05, 0.1) is 11.4 Å². The largest absolute Gasteiger partial charge is 0.328 e. The molecule has 1 heterocycles. The van der Waals surface area contributed by atoms with Crippen LogP contribution in [0.15, 0.2) is 30.5 Å². The van der Waals surface area contributed by atoms with Gasteiger partial charge in [-0.2, -0.15) is 0 Å². The molecule has 18 heavy (non-hydrogen) atoms. The van der Waals surface area contributed by atoms with Crippen LogP contribution in [0.2, 0.25) is 0 Å². The molecule has 2 aromatic rings. The molecular formula is C14H18N4. The molecule has 0 spiro atoms. The second kappa shape index (κ2) is 5.14. The van der Waals surface area contributed by atoms with E-state index in [4.69, 9.17) is 5.73 Å². The van der Waals surface area contributed by atoms with Crippen LogP contribution in [0.4, 0.5) is 11.5 Å². The normalized spacial score (nSPS) is 10.4. The van der Waals surface area contributed by atoms with Crippen LogP contribution in [0.1, 0.15) is 17.0 Å². The molecule has 0 unspecified atom stereocenters. The Labute approximate surface area is 107 Å². The van der Waals surface area contributed by atoms with Gasteiger partial charge in [0.2, 0.25) is 0 Å². The molecule has 4 heteroatoms. The summed E-state index contributed by atoms with van der Waals surface area (Å²) in [5, 5.41) is 0. The molecule has 0 radical (unpaired) electrons. The molecule has 0 aliphatic rings. The lowest BCUT2D eigenvalue weighted by molar-refractivity contribution is 1.00. The Morgan fingerprint density at radius 1 is 1.17 bits per heavy atom. The smallest absolute Gasteiger partial charge is 0.154 e. The first-order valence-electron chi connectivity index (χ1n) is 5.95.